The summed E-state index contributed by atoms with van der Waals surface area (Å²) in [4.78, 5) is 15.5. The van der Waals surface area contributed by atoms with Crippen LogP contribution in [0.5, 0.6) is 0 Å². The van der Waals surface area contributed by atoms with Gasteiger partial charge in [0.1, 0.15) is 5.65 Å². The van der Waals surface area contributed by atoms with Crippen LogP contribution in [0.3, 0.4) is 0 Å². The predicted molar refractivity (Wildman–Crippen MR) is 95.4 cm³/mol. The third kappa shape index (κ3) is 3.11. The number of H-pyrrole nitrogens is 1. The highest BCUT2D eigenvalue weighted by Crippen LogP contribution is 2.29. The molecule has 3 atom stereocenters. The molecule has 1 aliphatic carbocycles. The molecule has 1 fully saturated rings. The first-order valence-electron chi connectivity index (χ1n) is 8.31. The van der Waals surface area contributed by atoms with Gasteiger partial charge in [-0.05, 0) is 25.3 Å². The van der Waals surface area contributed by atoms with Gasteiger partial charge in [0.15, 0.2) is 17.5 Å². The molecule has 0 spiro atoms. The third-order valence-electron chi connectivity index (χ3n) is 4.63. The summed E-state index contributed by atoms with van der Waals surface area (Å²) in [7, 11) is 0. The van der Waals surface area contributed by atoms with Crippen LogP contribution < -0.4 is 5.32 Å². The maximum Gasteiger partial charge on any atom is 0.183 e. The molecule has 0 aliphatic heterocycles. The normalized spacial score (nSPS) is 23.3. The van der Waals surface area contributed by atoms with Crippen LogP contribution in [0.2, 0.25) is 5.02 Å². The molecule has 3 aromatic heterocycles. The molecule has 0 bridgehead atoms. The van der Waals surface area contributed by atoms with Crippen LogP contribution in [0.25, 0.3) is 22.4 Å². The maximum atomic E-state index is 14.2. The number of nitrogens with one attached hydrogen (secondary N) is 2. The van der Waals surface area contributed by atoms with Gasteiger partial charge in [0.25, 0.3) is 0 Å². The van der Waals surface area contributed by atoms with Gasteiger partial charge in [0.2, 0.25) is 0 Å². The Morgan fingerprint density at radius 2 is 2.08 bits per heavy atom. The zero-order chi connectivity index (χ0) is 18.3. The van der Waals surface area contributed by atoms with Crippen LogP contribution in [0.4, 0.5) is 10.2 Å². The molecule has 4 N–H and O–H groups in total. The van der Waals surface area contributed by atoms with E-state index >= 15 is 0 Å². The highest BCUT2D eigenvalue weighted by Gasteiger charge is 2.31. The number of pyridine rings is 1. The molecule has 1 saturated carbocycles. The van der Waals surface area contributed by atoms with Gasteiger partial charge in [-0.15, -0.1) is 0 Å². The zero-order valence-corrected chi connectivity index (χ0v) is 14.4. The van der Waals surface area contributed by atoms with Gasteiger partial charge in [-0.25, -0.2) is 19.3 Å². The summed E-state index contributed by atoms with van der Waals surface area (Å²) in [5.74, 6) is -0.343. The Kier molecular flexibility index (Phi) is 4.47. The minimum absolute atomic E-state index is 0.0162. The topological polar surface area (TPSA) is 107 Å². The van der Waals surface area contributed by atoms with Gasteiger partial charge in [-0.3, -0.25) is 0 Å². The first-order valence-corrected chi connectivity index (χ1v) is 8.69. The van der Waals surface area contributed by atoms with E-state index in [-0.39, 0.29) is 5.82 Å². The van der Waals surface area contributed by atoms with Crippen molar-refractivity contribution in [3.05, 3.63) is 35.5 Å². The summed E-state index contributed by atoms with van der Waals surface area (Å²) in [5, 5.41) is 24.0. The van der Waals surface area contributed by atoms with Crippen LogP contribution in [0.15, 0.2) is 24.7 Å². The quantitative estimate of drug-likeness (QED) is 0.558. The lowest BCUT2D eigenvalue weighted by atomic mass is 9.90. The second kappa shape index (κ2) is 6.79. The Morgan fingerprint density at radius 3 is 2.92 bits per heavy atom. The van der Waals surface area contributed by atoms with Crippen molar-refractivity contribution in [2.45, 2.75) is 37.5 Å². The second-order valence-electron chi connectivity index (χ2n) is 6.38. The van der Waals surface area contributed by atoms with Crippen LogP contribution in [-0.4, -0.2) is 48.4 Å². The van der Waals surface area contributed by atoms with Crippen molar-refractivity contribution in [3.63, 3.8) is 0 Å². The molecular weight excluding hydrogens is 361 g/mol. The van der Waals surface area contributed by atoms with E-state index in [1.165, 1.54) is 6.20 Å². The zero-order valence-electron chi connectivity index (χ0n) is 13.7. The third-order valence-corrected chi connectivity index (χ3v) is 4.83. The number of aliphatic hydroxyl groups is 2. The molecule has 4 rings (SSSR count). The van der Waals surface area contributed by atoms with Crippen LogP contribution >= 0.6 is 11.6 Å². The van der Waals surface area contributed by atoms with Gasteiger partial charge in [-0.1, -0.05) is 11.6 Å². The average Bonchev–Trinajstić information content (AvgIpc) is 3.04. The smallest absolute Gasteiger partial charge is 0.183 e. The van der Waals surface area contributed by atoms with Crippen LogP contribution in [0.1, 0.15) is 19.3 Å². The molecule has 0 aromatic carbocycles. The van der Waals surface area contributed by atoms with Crippen molar-refractivity contribution < 1.29 is 14.6 Å². The number of fused-ring (bicyclic) bond motifs is 1. The minimum Gasteiger partial charge on any atom is -0.390 e. The number of hydrogen-bond acceptors (Lipinski definition) is 6. The van der Waals surface area contributed by atoms with E-state index in [0.717, 1.165) is 18.0 Å². The molecule has 26 heavy (non-hydrogen) atoms. The molecule has 0 amide bonds. The van der Waals surface area contributed by atoms with Gasteiger partial charge in [0, 0.05) is 23.3 Å². The molecule has 3 aromatic rings. The predicted octanol–water partition coefficient (Wildman–Crippen LogP) is 2.50. The number of halogens is 2. The van der Waals surface area contributed by atoms with E-state index in [2.05, 4.69) is 25.3 Å². The van der Waals surface area contributed by atoms with Crippen molar-refractivity contribution in [3.8, 4) is 11.4 Å². The SMILES string of the molecule is OC1[C@@H](O)CCC[C@H]1Nc1nc(-c2c[nH]c3ncc(Cl)cc23)ncc1F. The van der Waals surface area contributed by atoms with E-state index in [0.29, 0.717) is 34.9 Å². The minimum atomic E-state index is -0.974. The molecule has 0 radical (unpaired) electrons. The van der Waals surface area contributed by atoms with E-state index in [1.807, 2.05) is 0 Å². The number of anilines is 1. The molecule has 7 nitrogen and oxygen atoms in total. The largest absolute Gasteiger partial charge is 0.390 e. The van der Waals surface area contributed by atoms with E-state index in [9.17, 15) is 14.6 Å². The first-order chi connectivity index (χ1) is 12.5. The monoisotopic (exact) mass is 377 g/mol. The van der Waals surface area contributed by atoms with Crippen LogP contribution in [-0.2, 0) is 0 Å². The standard InChI is InChI=1S/C17H17ClFN5O2/c18-8-4-9-10(6-21-15(9)20-5-8)16-22-7-11(19)17(24-16)23-12-2-1-3-13(25)14(12)26/h4-7,12-14,25-26H,1-3H2,(H,20,21)(H,22,23,24)/t12-,13+,14?/m1/s1. The molecule has 3 heterocycles. The van der Waals surface area contributed by atoms with Crippen molar-refractivity contribution in [1.29, 1.82) is 0 Å². The fourth-order valence-corrected chi connectivity index (χ4v) is 3.41. The van der Waals surface area contributed by atoms with Crippen molar-refractivity contribution in [2.75, 3.05) is 5.32 Å². The number of nitrogens with zero attached hydrogens (tertiary/aromatic N) is 3. The lowest BCUT2D eigenvalue weighted by Gasteiger charge is -2.32. The van der Waals surface area contributed by atoms with E-state index < -0.39 is 24.1 Å². The van der Waals surface area contributed by atoms with Crippen molar-refractivity contribution in [1.82, 2.24) is 19.9 Å². The first kappa shape index (κ1) is 17.1. The summed E-state index contributed by atoms with van der Waals surface area (Å²) in [6.45, 7) is 0. The summed E-state index contributed by atoms with van der Waals surface area (Å²) in [6, 6.07) is 1.26. The Labute approximate surface area is 153 Å². The molecule has 1 aliphatic rings. The number of aromatic nitrogens is 4. The number of rotatable bonds is 3. The Morgan fingerprint density at radius 1 is 1.23 bits per heavy atom. The fourth-order valence-electron chi connectivity index (χ4n) is 3.25. The van der Waals surface area contributed by atoms with Gasteiger partial charge >= 0.3 is 0 Å². The van der Waals surface area contributed by atoms with E-state index in [4.69, 9.17) is 11.6 Å². The Hall–Kier alpha value is -2.29. The lowest BCUT2D eigenvalue weighted by Crippen LogP contribution is -2.45. The highest BCUT2D eigenvalue weighted by molar-refractivity contribution is 6.31. The summed E-state index contributed by atoms with van der Waals surface area (Å²) >= 11 is 6.01. The molecule has 136 valence electrons. The lowest BCUT2D eigenvalue weighted by molar-refractivity contribution is -0.0162. The second-order valence-corrected chi connectivity index (χ2v) is 6.82. The fraction of sp³-hybridized carbons (Fsp3) is 0.353. The highest BCUT2D eigenvalue weighted by atomic mass is 35.5. The molecular formula is C17H17ClFN5O2. The number of hydrogen-bond donors (Lipinski definition) is 4. The number of aromatic amines is 1. The average molecular weight is 378 g/mol. The van der Waals surface area contributed by atoms with Crippen molar-refractivity contribution in [2.24, 2.45) is 0 Å². The molecule has 0 saturated heterocycles. The maximum absolute atomic E-state index is 14.2. The van der Waals surface area contributed by atoms with Gasteiger partial charge in [0.05, 0.1) is 29.5 Å². The summed E-state index contributed by atoms with van der Waals surface area (Å²) in [5.41, 5.74) is 1.26. The van der Waals surface area contributed by atoms with Gasteiger partial charge in [-0.2, -0.15) is 0 Å². The summed E-state index contributed by atoms with van der Waals surface area (Å²) in [6.07, 6.45) is 4.37. The van der Waals surface area contributed by atoms with E-state index in [1.54, 1.807) is 12.3 Å². The Balaban J connectivity index is 1.68. The molecule has 1 unspecified atom stereocenters. The molecule has 9 heteroatoms. The Bertz CT molecular complexity index is 950. The number of aliphatic hydroxyl groups excluding tert-OH is 2. The summed E-state index contributed by atoms with van der Waals surface area (Å²) < 4.78 is 14.2. The van der Waals surface area contributed by atoms with Crippen molar-refractivity contribution >= 4 is 28.5 Å². The van der Waals surface area contributed by atoms with Gasteiger partial charge < -0.3 is 20.5 Å². The van der Waals surface area contributed by atoms with Crippen LogP contribution in [0, 0.1) is 5.82 Å².